The van der Waals surface area contributed by atoms with E-state index in [1.165, 1.54) is 0 Å². The van der Waals surface area contributed by atoms with E-state index in [0.29, 0.717) is 12.4 Å². The van der Waals surface area contributed by atoms with Crippen molar-refractivity contribution in [2.24, 2.45) is 0 Å². The standard InChI is InChI=1S/C29H24O3/c1-31-27-16-15-21(18-28(27)32-19-20-9-3-2-4-10-20)17-26-22-11-5-7-13-24(22)29(30)25-14-8-6-12-23(25)26/h2-16,18,26H,17,19H2,1H3. The van der Waals surface area contributed by atoms with E-state index in [9.17, 15) is 4.79 Å². The van der Waals surface area contributed by atoms with Crippen LogP contribution in [-0.2, 0) is 13.0 Å². The summed E-state index contributed by atoms with van der Waals surface area (Å²) in [6, 6.07) is 32.1. The molecule has 0 amide bonds. The average molecular weight is 421 g/mol. The molecule has 0 fully saturated rings. The van der Waals surface area contributed by atoms with Crippen LogP contribution in [0.5, 0.6) is 11.5 Å². The molecule has 1 aliphatic carbocycles. The van der Waals surface area contributed by atoms with Gasteiger partial charge in [0.1, 0.15) is 6.61 Å². The van der Waals surface area contributed by atoms with Crippen molar-refractivity contribution in [2.75, 3.05) is 7.11 Å². The molecule has 32 heavy (non-hydrogen) atoms. The van der Waals surface area contributed by atoms with Crippen LogP contribution < -0.4 is 9.47 Å². The second-order valence-corrected chi connectivity index (χ2v) is 8.02. The first-order chi connectivity index (χ1) is 15.7. The van der Waals surface area contributed by atoms with Crippen molar-refractivity contribution in [3.8, 4) is 11.5 Å². The number of benzene rings is 4. The number of hydrogen-bond donors (Lipinski definition) is 0. The summed E-state index contributed by atoms with van der Waals surface area (Å²) in [7, 11) is 1.66. The van der Waals surface area contributed by atoms with E-state index in [0.717, 1.165) is 45.6 Å². The molecule has 0 saturated heterocycles. The first-order valence-corrected chi connectivity index (χ1v) is 10.8. The van der Waals surface area contributed by atoms with E-state index in [-0.39, 0.29) is 11.7 Å². The van der Waals surface area contributed by atoms with E-state index < -0.39 is 0 Å². The van der Waals surface area contributed by atoms with Crippen LogP contribution in [0.2, 0.25) is 0 Å². The van der Waals surface area contributed by atoms with Crippen LogP contribution in [-0.4, -0.2) is 12.9 Å². The minimum atomic E-state index is 0.106. The molecule has 4 aromatic rings. The van der Waals surface area contributed by atoms with Gasteiger partial charge in [-0.15, -0.1) is 0 Å². The summed E-state index contributed by atoms with van der Waals surface area (Å²) in [5.74, 6) is 1.65. The summed E-state index contributed by atoms with van der Waals surface area (Å²) in [4.78, 5) is 13.0. The number of carbonyl (C=O) groups excluding carboxylic acids is 1. The molecule has 1 aliphatic rings. The average Bonchev–Trinajstić information content (AvgIpc) is 2.86. The van der Waals surface area contributed by atoms with Crippen molar-refractivity contribution in [3.63, 3.8) is 0 Å². The molecule has 0 heterocycles. The number of hydrogen-bond acceptors (Lipinski definition) is 3. The highest BCUT2D eigenvalue weighted by Gasteiger charge is 2.30. The Labute approximate surface area is 188 Å². The van der Waals surface area contributed by atoms with Crippen molar-refractivity contribution >= 4 is 5.78 Å². The fraction of sp³-hybridized carbons (Fsp3) is 0.138. The summed E-state index contributed by atoms with van der Waals surface area (Å²) in [6.45, 7) is 0.476. The molecule has 158 valence electrons. The maximum absolute atomic E-state index is 13.0. The highest BCUT2D eigenvalue weighted by Crippen LogP contribution is 2.39. The highest BCUT2D eigenvalue weighted by atomic mass is 16.5. The molecule has 0 atom stereocenters. The maximum atomic E-state index is 13.0. The number of ketones is 1. The molecule has 0 radical (unpaired) electrons. The summed E-state index contributed by atoms with van der Waals surface area (Å²) in [5, 5.41) is 0. The molecule has 0 N–H and O–H groups in total. The van der Waals surface area contributed by atoms with Crippen molar-refractivity contribution in [1.29, 1.82) is 0 Å². The van der Waals surface area contributed by atoms with Gasteiger partial charge in [-0.1, -0.05) is 84.9 Å². The predicted molar refractivity (Wildman–Crippen MR) is 126 cm³/mol. The van der Waals surface area contributed by atoms with Gasteiger partial charge in [0.2, 0.25) is 0 Å². The molecule has 0 aromatic heterocycles. The number of fused-ring (bicyclic) bond motifs is 2. The summed E-state index contributed by atoms with van der Waals surface area (Å²) >= 11 is 0. The first kappa shape index (κ1) is 20.1. The predicted octanol–water partition coefficient (Wildman–Crippen LogP) is 6.19. The first-order valence-electron chi connectivity index (χ1n) is 10.8. The lowest BCUT2D eigenvalue weighted by Crippen LogP contribution is -2.20. The smallest absolute Gasteiger partial charge is 0.193 e. The van der Waals surface area contributed by atoms with E-state index in [2.05, 4.69) is 24.3 Å². The minimum Gasteiger partial charge on any atom is -0.493 e. The Hall–Kier alpha value is -3.85. The van der Waals surface area contributed by atoms with Crippen LogP contribution in [0.1, 0.15) is 44.1 Å². The number of methoxy groups -OCH3 is 1. The van der Waals surface area contributed by atoms with Gasteiger partial charge in [-0.2, -0.15) is 0 Å². The lowest BCUT2D eigenvalue weighted by atomic mass is 9.75. The van der Waals surface area contributed by atoms with Crippen LogP contribution in [0, 0.1) is 0 Å². The Morgan fingerprint density at radius 2 is 1.31 bits per heavy atom. The maximum Gasteiger partial charge on any atom is 0.193 e. The number of carbonyl (C=O) groups is 1. The van der Waals surface area contributed by atoms with E-state index in [4.69, 9.17) is 9.47 Å². The van der Waals surface area contributed by atoms with Gasteiger partial charge in [-0.3, -0.25) is 4.79 Å². The number of ether oxygens (including phenoxy) is 2. The molecule has 5 rings (SSSR count). The quantitative estimate of drug-likeness (QED) is 0.373. The van der Waals surface area contributed by atoms with Crippen molar-refractivity contribution in [1.82, 2.24) is 0 Å². The molecule has 0 aliphatic heterocycles. The molecular formula is C29H24O3. The molecule has 0 unspecified atom stereocenters. The Kier molecular flexibility index (Phi) is 5.47. The minimum absolute atomic E-state index is 0.106. The second-order valence-electron chi connectivity index (χ2n) is 8.02. The van der Waals surface area contributed by atoms with Gasteiger partial charge < -0.3 is 9.47 Å². The van der Waals surface area contributed by atoms with Gasteiger partial charge in [0, 0.05) is 17.0 Å². The van der Waals surface area contributed by atoms with Crippen molar-refractivity contribution in [3.05, 3.63) is 130 Å². The third kappa shape index (κ3) is 3.78. The normalized spacial score (nSPS) is 12.7. The fourth-order valence-electron chi connectivity index (χ4n) is 4.48. The summed E-state index contributed by atoms with van der Waals surface area (Å²) in [5.41, 5.74) is 6.00. The van der Waals surface area contributed by atoms with Gasteiger partial charge in [-0.05, 0) is 40.8 Å². The number of rotatable bonds is 6. The van der Waals surface area contributed by atoms with Gasteiger partial charge in [0.25, 0.3) is 0 Å². The Balaban J connectivity index is 1.48. The molecule has 4 aromatic carbocycles. The fourth-order valence-corrected chi connectivity index (χ4v) is 4.48. The summed E-state index contributed by atoms with van der Waals surface area (Å²) < 4.78 is 11.7. The Morgan fingerprint density at radius 1 is 0.688 bits per heavy atom. The van der Waals surface area contributed by atoms with Crippen molar-refractivity contribution in [2.45, 2.75) is 18.9 Å². The molecule has 3 nitrogen and oxygen atoms in total. The lowest BCUT2D eigenvalue weighted by Gasteiger charge is -2.28. The third-order valence-electron chi connectivity index (χ3n) is 6.07. The Bertz CT molecular complexity index is 1210. The molecule has 0 bridgehead atoms. The van der Waals surface area contributed by atoms with Crippen LogP contribution in [0.4, 0.5) is 0 Å². The largest absolute Gasteiger partial charge is 0.493 e. The SMILES string of the molecule is COc1ccc(CC2c3ccccc3C(=O)c3ccccc32)cc1OCc1ccccc1. The van der Waals surface area contributed by atoms with E-state index >= 15 is 0 Å². The zero-order chi connectivity index (χ0) is 21.9. The lowest BCUT2D eigenvalue weighted by molar-refractivity contribution is 0.103. The van der Waals surface area contributed by atoms with Gasteiger partial charge in [0.15, 0.2) is 17.3 Å². The van der Waals surface area contributed by atoms with Crippen LogP contribution in [0.3, 0.4) is 0 Å². The Morgan fingerprint density at radius 3 is 1.97 bits per heavy atom. The van der Waals surface area contributed by atoms with Crippen LogP contribution >= 0.6 is 0 Å². The van der Waals surface area contributed by atoms with E-state index in [1.807, 2.05) is 72.8 Å². The van der Waals surface area contributed by atoms with Crippen LogP contribution in [0.25, 0.3) is 0 Å². The van der Waals surface area contributed by atoms with Crippen molar-refractivity contribution < 1.29 is 14.3 Å². The van der Waals surface area contributed by atoms with Gasteiger partial charge in [0.05, 0.1) is 7.11 Å². The van der Waals surface area contributed by atoms with Gasteiger partial charge >= 0.3 is 0 Å². The third-order valence-corrected chi connectivity index (χ3v) is 6.07. The zero-order valence-corrected chi connectivity index (χ0v) is 18.0. The van der Waals surface area contributed by atoms with Crippen LogP contribution in [0.15, 0.2) is 97.1 Å². The molecular weight excluding hydrogens is 396 g/mol. The molecule has 0 saturated carbocycles. The van der Waals surface area contributed by atoms with E-state index in [1.54, 1.807) is 7.11 Å². The molecule has 0 spiro atoms. The highest BCUT2D eigenvalue weighted by molar-refractivity contribution is 6.12. The monoisotopic (exact) mass is 420 g/mol. The second kappa shape index (κ2) is 8.72. The molecule has 3 heteroatoms. The van der Waals surface area contributed by atoms with Gasteiger partial charge in [-0.25, -0.2) is 0 Å². The zero-order valence-electron chi connectivity index (χ0n) is 18.0. The topological polar surface area (TPSA) is 35.5 Å². The summed E-state index contributed by atoms with van der Waals surface area (Å²) in [6.07, 6.45) is 0.771.